The summed E-state index contributed by atoms with van der Waals surface area (Å²) in [5.74, 6) is 1.24. The number of ketones is 1. The fourth-order valence-corrected chi connectivity index (χ4v) is 4.16. The Kier molecular flexibility index (Phi) is 3.11. The third-order valence-corrected chi connectivity index (χ3v) is 5.14. The van der Waals surface area contributed by atoms with E-state index < -0.39 is 0 Å². The van der Waals surface area contributed by atoms with Crippen LogP contribution in [0.4, 0.5) is 0 Å². The molecule has 4 atom stereocenters. The van der Waals surface area contributed by atoms with Crippen LogP contribution in [0.25, 0.3) is 0 Å². The van der Waals surface area contributed by atoms with E-state index in [2.05, 4.69) is 36.4 Å². The van der Waals surface area contributed by atoms with E-state index in [-0.39, 0.29) is 23.4 Å². The van der Waals surface area contributed by atoms with Crippen molar-refractivity contribution >= 4 is 5.78 Å². The molecule has 22 heavy (non-hydrogen) atoms. The van der Waals surface area contributed by atoms with Crippen LogP contribution in [0.15, 0.2) is 66.7 Å². The smallest absolute Gasteiger partial charge is 0.170 e. The van der Waals surface area contributed by atoms with Crippen LogP contribution >= 0.6 is 0 Å². The summed E-state index contributed by atoms with van der Waals surface area (Å²) >= 11 is 0. The molecule has 110 valence electrons. The van der Waals surface area contributed by atoms with Gasteiger partial charge in [0.2, 0.25) is 0 Å². The molecule has 0 aliphatic heterocycles. The number of phenolic OH excluding ortho intramolecular Hbond substituents is 1. The summed E-state index contributed by atoms with van der Waals surface area (Å²) in [6.07, 6.45) is 5.35. The van der Waals surface area contributed by atoms with Crippen LogP contribution in [-0.2, 0) is 0 Å². The van der Waals surface area contributed by atoms with E-state index in [1.165, 1.54) is 5.56 Å². The van der Waals surface area contributed by atoms with Gasteiger partial charge >= 0.3 is 0 Å². The van der Waals surface area contributed by atoms with Crippen molar-refractivity contribution < 1.29 is 9.90 Å². The van der Waals surface area contributed by atoms with E-state index in [1.807, 2.05) is 12.1 Å². The molecule has 0 saturated heterocycles. The maximum atomic E-state index is 12.8. The predicted octanol–water partition coefficient (Wildman–Crippen LogP) is 4.18. The number of Topliss-reactive ketones (excluding diaryl/α,β-unsaturated/α-hetero) is 1. The molecule has 0 spiro atoms. The van der Waals surface area contributed by atoms with Gasteiger partial charge in [-0.15, -0.1) is 0 Å². The van der Waals surface area contributed by atoms with Crippen molar-refractivity contribution in [3.05, 3.63) is 77.9 Å². The van der Waals surface area contributed by atoms with Gasteiger partial charge in [0, 0.05) is 5.92 Å². The number of fused-ring (bicyclic) bond motifs is 2. The number of phenols is 1. The van der Waals surface area contributed by atoms with Crippen molar-refractivity contribution in [2.24, 2.45) is 17.8 Å². The lowest BCUT2D eigenvalue weighted by atomic mass is 9.83. The van der Waals surface area contributed by atoms with Crippen molar-refractivity contribution in [3.63, 3.8) is 0 Å². The van der Waals surface area contributed by atoms with Crippen LogP contribution in [0.1, 0.15) is 28.3 Å². The molecule has 0 radical (unpaired) electrons. The number of carbonyl (C=O) groups excluding carboxylic acids is 1. The minimum Gasteiger partial charge on any atom is -0.507 e. The van der Waals surface area contributed by atoms with E-state index in [0.717, 1.165) is 6.42 Å². The second kappa shape index (κ2) is 5.13. The molecular weight excluding hydrogens is 272 g/mol. The second-order valence-corrected chi connectivity index (χ2v) is 6.29. The SMILES string of the molecule is O=C(c1ccccc1O)[C@@H]1C[C@@H]2C=C[C@H]1[C@@H]2c1ccccc1. The molecule has 0 amide bonds. The summed E-state index contributed by atoms with van der Waals surface area (Å²) in [6, 6.07) is 17.3. The van der Waals surface area contributed by atoms with Gasteiger partial charge in [-0.05, 0) is 41.9 Å². The van der Waals surface area contributed by atoms with E-state index in [1.54, 1.807) is 18.2 Å². The number of carbonyl (C=O) groups is 1. The summed E-state index contributed by atoms with van der Waals surface area (Å²) in [4.78, 5) is 12.8. The van der Waals surface area contributed by atoms with Crippen molar-refractivity contribution in [3.8, 4) is 5.75 Å². The molecule has 1 fully saturated rings. The molecule has 2 aliphatic rings. The van der Waals surface area contributed by atoms with Crippen molar-refractivity contribution in [1.82, 2.24) is 0 Å². The van der Waals surface area contributed by atoms with Gasteiger partial charge in [0.1, 0.15) is 5.75 Å². The van der Waals surface area contributed by atoms with Crippen molar-refractivity contribution in [1.29, 1.82) is 0 Å². The Balaban J connectivity index is 1.65. The summed E-state index contributed by atoms with van der Waals surface area (Å²) in [6.45, 7) is 0. The summed E-state index contributed by atoms with van der Waals surface area (Å²) in [5.41, 5.74) is 1.77. The van der Waals surface area contributed by atoms with Crippen molar-refractivity contribution in [2.75, 3.05) is 0 Å². The maximum Gasteiger partial charge on any atom is 0.170 e. The molecule has 2 aromatic carbocycles. The highest BCUT2D eigenvalue weighted by Gasteiger charge is 2.48. The topological polar surface area (TPSA) is 37.3 Å². The van der Waals surface area contributed by atoms with Gasteiger partial charge in [-0.3, -0.25) is 4.79 Å². The lowest BCUT2D eigenvalue weighted by Crippen LogP contribution is -2.20. The number of allylic oxidation sites excluding steroid dienone is 2. The summed E-state index contributed by atoms with van der Waals surface area (Å²) in [5, 5.41) is 9.96. The van der Waals surface area contributed by atoms with Gasteiger partial charge in [-0.25, -0.2) is 0 Å². The van der Waals surface area contributed by atoms with Crippen LogP contribution in [0, 0.1) is 17.8 Å². The van der Waals surface area contributed by atoms with Gasteiger partial charge in [-0.1, -0.05) is 54.6 Å². The Morgan fingerprint density at radius 1 is 0.955 bits per heavy atom. The zero-order valence-corrected chi connectivity index (χ0v) is 12.2. The average Bonchev–Trinajstić information content (AvgIpc) is 3.13. The molecule has 4 rings (SSSR count). The van der Waals surface area contributed by atoms with Gasteiger partial charge in [0.05, 0.1) is 5.56 Å². The van der Waals surface area contributed by atoms with E-state index in [9.17, 15) is 9.90 Å². The highest BCUT2D eigenvalue weighted by Crippen LogP contribution is 2.54. The van der Waals surface area contributed by atoms with E-state index in [4.69, 9.17) is 0 Å². The Bertz CT molecular complexity index is 732. The first kappa shape index (κ1) is 13.3. The van der Waals surface area contributed by atoms with E-state index in [0.29, 0.717) is 17.4 Å². The minimum atomic E-state index is -0.0199. The highest BCUT2D eigenvalue weighted by atomic mass is 16.3. The van der Waals surface area contributed by atoms with Crippen LogP contribution in [-0.4, -0.2) is 10.9 Å². The lowest BCUT2D eigenvalue weighted by Gasteiger charge is -2.20. The molecule has 2 heteroatoms. The monoisotopic (exact) mass is 290 g/mol. The first-order valence-corrected chi connectivity index (χ1v) is 7.81. The van der Waals surface area contributed by atoms with Gasteiger partial charge in [0.25, 0.3) is 0 Å². The third kappa shape index (κ3) is 1.98. The van der Waals surface area contributed by atoms with Crippen LogP contribution in [0.2, 0.25) is 0 Å². The molecule has 1 N–H and O–H groups in total. The number of benzene rings is 2. The summed E-state index contributed by atoms with van der Waals surface area (Å²) in [7, 11) is 0. The first-order chi connectivity index (χ1) is 10.8. The molecule has 2 aromatic rings. The standard InChI is InChI=1S/C20H18O2/c21-18-9-5-4-8-16(18)20(22)17-12-14-10-11-15(17)19(14)13-6-2-1-3-7-13/h1-11,14-15,17,19,21H,12H2/t14-,15+,17+,19+/m0/s1. The summed E-state index contributed by atoms with van der Waals surface area (Å²) < 4.78 is 0. The molecule has 2 nitrogen and oxygen atoms in total. The maximum absolute atomic E-state index is 12.8. The fourth-order valence-electron chi connectivity index (χ4n) is 4.16. The largest absolute Gasteiger partial charge is 0.507 e. The minimum absolute atomic E-state index is 0.0199. The molecule has 1 saturated carbocycles. The lowest BCUT2D eigenvalue weighted by molar-refractivity contribution is 0.0897. The first-order valence-electron chi connectivity index (χ1n) is 7.81. The average molecular weight is 290 g/mol. The number of para-hydroxylation sites is 1. The molecular formula is C20H18O2. The fraction of sp³-hybridized carbons (Fsp3) is 0.250. The highest BCUT2D eigenvalue weighted by molar-refractivity contribution is 6.01. The zero-order valence-electron chi connectivity index (χ0n) is 12.2. The van der Waals surface area contributed by atoms with Gasteiger partial charge in [0.15, 0.2) is 5.78 Å². The van der Waals surface area contributed by atoms with Crippen LogP contribution in [0.3, 0.4) is 0 Å². The van der Waals surface area contributed by atoms with Crippen molar-refractivity contribution in [2.45, 2.75) is 12.3 Å². The Morgan fingerprint density at radius 3 is 2.45 bits per heavy atom. The quantitative estimate of drug-likeness (QED) is 0.680. The normalized spacial score (nSPS) is 28.9. The molecule has 0 aromatic heterocycles. The number of hydrogen-bond acceptors (Lipinski definition) is 2. The Hall–Kier alpha value is -2.35. The molecule has 0 unspecified atom stereocenters. The molecule has 0 heterocycles. The number of hydrogen-bond donors (Lipinski definition) is 1. The number of aromatic hydroxyl groups is 1. The molecule has 2 bridgehead atoms. The van der Waals surface area contributed by atoms with Crippen LogP contribution in [0.5, 0.6) is 5.75 Å². The zero-order chi connectivity index (χ0) is 15.1. The Morgan fingerprint density at radius 2 is 1.68 bits per heavy atom. The van der Waals surface area contributed by atoms with Gasteiger partial charge < -0.3 is 5.11 Å². The van der Waals surface area contributed by atoms with E-state index >= 15 is 0 Å². The second-order valence-electron chi connectivity index (χ2n) is 6.29. The van der Waals surface area contributed by atoms with Gasteiger partial charge in [-0.2, -0.15) is 0 Å². The van der Waals surface area contributed by atoms with Crippen LogP contribution < -0.4 is 0 Å². The third-order valence-electron chi connectivity index (χ3n) is 5.14. The molecule has 2 aliphatic carbocycles. The number of rotatable bonds is 3. The predicted molar refractivity (Wildman–Crippen MR) is 85.8 cm³/mol. The Labute approximate surface area is 130 Å².